The summed E-state index contributed by atoms with van der Waals surface area (Å²) < 4.78 is 18.3. The zero-order chi connectivity index (χ0) is 15.2. The van der Waals surface area contributed by atoms with Gasteiger partial charge in [0.1, 0.15) is 0 Å². The maximum absolute atomic E-state index is 13.5. The summed E-state index contributed by atoms with van der Waals surface area (Å²) in [6, 6.07) is 4.08. The van der Waals surface area contributed by atoms with Crippen LogP contribution in [-0.4, -0.2) is 49.9 Å². The van der Waals surface area contributed by atoms with Gasteiger partial charge in [0.25, 0.3) is 0 Å². The van der Waals surface area contributed by atoms with Crippen LogP contribution in [0.25, 0.3) is 0 Å². The third-order valence-corrected chi connectivity index (χ3v) is 3.51. The number of piperazine rings is 1. The molecule has 5 nitrogen and oxygen atoms in total. The SMILES string of the molecule is COc1ccc(C(=O)CCC(=O)N2CCNCC2)cc1F.Cl. The average molecular weight is 331 g/mol. The van der Waals surface area contributed by atoms with Gasteiger partial charge in [-0.1, -0.05) is 0 Å². The fourth-order valence-corrected chi connectivity index (χ4v) is 2.28. The molecule has 22 heavy (non-hydrogen) atoms. The Bertz CT molecular complexity index is 534. The third-order valence-electron chi connectivity index (χ3n) is 3.51. The molecule has 122 valence electrons. The molecule has 2 rings (SSSR count). The van der Waals surface area contributed by atoms with E-state index in [2.05, 4.69) is 5.32 Å². The number of hydrogen-bond donors (Lipinski definition) is 1. The maximum atomic E-state index is 13.5. The summed E-state index contributed by atoms with van der Waals surface area (Å²) in [4.78, 5) is 25.7. The minimum atomic E-state index is -0.572. The Morgan fingerprint density at radius 3 is 2.55 bits per heavy atom. The van der Waals surface area contributed by atoms with Crippen molar-refractivity contribution in [3.05, 3.63) is 29.6 Å². The Morgan fingerprint density at radius 1 is 1.27 bits per heavy atom. The van der Waals surface area contributed by atoms with Crippen LogP contribution >= 0.6 is 12.4 Å². The largest absolute Gasteiger partial charge is 0.494 e. The highest BCUT2D eigenvalue weighted by atomic mass is 35.5. The number of rotatable bonds is 5. The van der Waals surface area contributed by atoms with Crippen LogP contribution in [0.15, 0.2) is 18.2 Å². The fraction of sp³-hybridized carbons (Fsp3) is 0.467. The van der Waals surface area contributed by atoms with Gasteiger partial charge in [0.05, 0.1) is 7.11 Å². The lowest BCUT2D eigenvalue weighted by atomic mass is 10.1. The van der Waals surface area contributed by atoms with Gasteiger partial charge in [0, 0.05) is 44.6 Å². The topological polar surface area (TPSA) is 58.6 Å². The van der Waals surface area contributed by atoms with Crippen molar-refractivity contribution in [1.82, 2.24) is 10.2 Å². The molecule has 0 radical (unpaired) electrons. The Balaban J connectivity index is 0.00000242. The van der Waals surface area contributed by atoms with E-state index in [4.69, 9.17) is 4.74 Å². The number of nitrogens with zero attached hydrogens (tertiary/aromatic N) is 1. The van der Waals surface area contributed by atoms with Crippen molar-refractivity contribution in [2.75, 3.05) is 33.3 Å². The molecule has 1 heterocycles. The van der Waals surface area contributed by atoms with Crippen molar-refractivity contribution in [3.63, 3.8) is 0 Å². The van der Waals surface area contributed by atoms with Crippen LogP contribution < -0.4 is 10.1 Å². The Labute approximate surface area is 135 Å². The summed E-state index contributed by atoms with van der Waals surface area (Å²) >= 11 is 0. The first-order chi connectivity index (χ1) is 10.1. The van der Waals surface area contributed by atoms with Crippen LogP contribution in [0.1, 0.15) is 23.2 Å². The summed E-state index contributed by atoms with van der Waals surface area (Å²) in [5.41, 5.74) is 0.265. The van der Waals surface area contributed by atoms with E-state index < -0.39 is 5.82 Å². The smallest absolute Gasteiger partial charge is 0.223 e. The summed E-state index contributed by atoms with van der Waals surface area (Å²) in [5, 5.41) is 3.16. The molecule has 1 amide bonds. The van der Waals surface area contributed by atoms with E-state index in [-0.39, 0.29) is 48.3 Å². The first-order valence-corrected chi connectivity index (χ1v) is 6.97. The number of nitrogens with one attached hydrogen (secondary N) is 1. The lowest BCUT2D eigenvalue weighted by molar-refractivity contribution is -0.131. The number of amides is 1. The van der Waals surface area contributed by atoms with E-state index in [1.807, 2.05) is 0 Å². The minimum Gasteiger partial charge on any atom is -0.494 e. The van der Waals surface area contributed by atoms with Gasteiger partial charge in [-0.3, -0.25) is 9.59 Å². The summed E-state index contributed by atoms with van der Waals surface area (Å²) in [7, 11) is 1.37. The van der Waals surface area contributed by atoms with Crippen LogP contribution in [-0.2, 0) is 4.79 Å². The van der Waals surface area contributed by atoms with Crippen molar-refractivity contribution < 1.29 is 18.7 Å². The maximum Gasteiger partial charge on any atom is 0.223 e. The second-order valence-electron chi connectivity index (χ2n) is 4.90. The van der Waals surface area contributed by atoms with Crippen LogP contribution in [0, 0.1) is 5.82 Å². The molecule has 0 atom stereocenters. The van der Waals surface area contributed by atoms with Gasteiger partial charge in [0.15, 0.2) is 17.3 Å². The van der Waals surface area contributed by atoms with Gasteiger partial charge in [-0.05, 0) is 18.2 Å². The highest BCUT2D eigenvalue weighted by molar-refractivity contribution is 5.98. The lowest BCUT2D eigenvalue weighted by Crippen LogP contribution is -2.46. The van der Waals surface area contributed by atoms with E-state index in [0.717, 1.165) is 19.2 Å². The average Bonchev–Trinajstić information content (AvgIpc) is 2.53. The van der Waals surface area contributed by atoms with Gasteiger partial charge < -0.3 is 15.0 Å². The first kappa shape index (κ1) is 18.4. The monoisotopic (exact) mass is 330 g/mol. The van der Waals surface area contributed by atoms with Crippen molar-refractivity contribution in [1.29, 1.82) is 0 Å². The predicted molar refractivity (Wildman–Crippen MR) is 83.2 cm³/mol. The van der Waals surface area contributed by atoms with Crippen molar-refractivity contribution in [2.45, 2.75) is 12.8 Å². The van der Waals surface area contributed by atoms with Crippen LogP contribution in [0.5, 0.6) is 5.75 Å². The van der Waals surface area contributed by atoms with E-state index in [1.54, 1.807) is 4.90 Å². The Kier molecular flexibility index (Phi) is 7.27. The molecule has 1 aromatic carbocycles. The molecule has 0 aromatic heterocycles. The van der Waals surface area contributed by atoms with Gasteiger partial charge in [0.2, 0.25) is 5.91 Å². The van der Waals surface area contributed by atoms with Crippen molar-refractivity contribution in [3.8, 4) is 5.75 Å². The molecule has 7 heteroatoms. The van der Waals surface area contributed by atoms with Gasteiger partial charge in [-0.15, -0.1) is 12.4 Å². The van der Waals surface area contributed by atoms with E-state index in [1.165, 1.54) is 19.2 Å². The Morgan fingerprint density at radius 2 is 1.95 bits per heavy atom. The van der Waals surface area contributed by atoms with E-state index in [0.29, 0.717) is 13.1 Å². The number of carbonyl (C=O) groups is 2. The van der Waals surface area contributed by atoms with Gasteiger partial charge in [-0.2, -0.15) is 0 Å². The standard InChI is InChI=1S/C15H19FN2O3.ClH/c1-21-14-4-2-11(10-12(14)16)13(19)3-5-15(20)18-8-6-17-7-9-18;/h2,4,10,17H,3,5-9H2,1H3;1H. The van der Waals surface area contributed by atoms with Gasteiger partial charge >= 0.3 is 0 Å². The lowest BCUT2D eigenvalue weighted by Gasteiger charge is -2.27. The summed E-state index contributed by atoms with van der Waals surface area (Å²) in [5.74, 6) is -0.737. The van der Waals surface area contributed by atoms with E-state index in [9.17, 15) is 14.0 Å². The van der Waals surface area contributed by atoms with Gasteiger partial charge in [-0.25, -0.2) is 4.39 Å². The molecule has 0 bridgehead atoms. The third kappa shape index (κ3) is 4.68. The molecule has 1 N–H and O–H groups in total. The molecular weight excluding hydrogens is 311 g/mol. The highest BCUT2D eigenvalue weighted by Gasteiger charge is 2.18. The summed E-state index contributed by atoms with van der Waals surface area (Å²) in [6.45, 7) is 2.90. The molecule has 0 spiro atoms. The second-order valence-corrected chi connectivity index (χ2v) is 4.90. The number of benzene rings is 1. The molecule has 0 unspecified atom stereocenters. The number of halogens is 2. The number of hydrogen-bond acceptors (Lipinski definition) is 4. The van der Waals surface area contributed by atoms with Crippen LogP contribution in [0.2, 0.25) is 0 Å². The first-order valence-electron chi connectivity index (χ1n) is 6.97. The van der Waals surface area contributed by atoms with E-state index >= 15 is 0 Å². The molecule has 1 fully saturated rings. The molecular formula is C15H20ClFN2O3. The number of ether oxygens (including phenoxy) is 1. The molecule has 0 saturated carbocycles. The zero-order valence-electron chi connectivity index (χ0n) is 12.4. The van der Waals surface area contributed by atoms with Crippen molar-refractivity contribution in [2.24, 2.45) is 0 Å². The fourth-order valence-electron chi connectivity index (χ4n) is 2.28. The summed E-state index contributed by atoms with van der Waals surface area (Å²) in [6.07, 6.45) is 0.251. The van der Waals surface area contributed by atoms with Crippen LogP contribution in [0.4, 0.5) is 4.39 Å². The normalized spacial score (nSPS) is 14.2. The van der Waals surface area contributed by atoms with Crippen LogP contribution in [0.3, 0.4) is 0 Å². The second kappa shape index (κ2) is 8.70. The quantitative estimate of drug-likeness (QED) is 0.834. The molecule has 1 aromatic rings. The molecule has 0 aliphatic carbocycles. The molecule has 1 aliphatic heterocycles. The highest BCUT2D eigenvalue weighted by Crippen LogP contribution is 2.19. The molecule has 1 aliphatic rings. The number of Topliss-reactive ketones (excluding diaryl/α,β-unsaturated/α-hetero) is 1. The number of ketones is 1. The minimum absolute atomic E-state index is 0. The Hall–Kier alpha value is -1.66. The number of carbonyl (C=O) groups excluding carboxylic acids is 2. The zero-order valence-corrected chi connectivity index (χ0v) is 13.2. The number of methoxy groups -OCH3 is 1. The van der Waals surface area contributed by atoms with Crippen molar-refractivity contribution >= 4 is 24.1 Å². The predicted octanol–water partition coefficient (Wildman–Crippen LogP) is 1.65. The molecule has 1 saturated heterocycles.